The van der Waals surface area contributed by atoms with E-state index in [1.54, 1.807) is 43.3 Å². The van der Waals surface area contributed by atoms with E-state index >= 15 is 0 Å². The van der Waals surface area contributed by atoms with E-state index < -0.39 is 24.5 Å². The van der Waals surface area contributed by atoms with E-state index in [1.165, 1.54) is 4.90 Å². The number of anilines is 1. The van der Waals surface area contributed by atoms with Crippen molar-refractivity contribution in [2.45, 2.75) is 6.92 Å². The van der Waals surface area contributed by atoms with Gasteiger partial charge in [-0.2, -0.15) is 0 Å². The first-order chi connectivity index (χ1) is 16.1. The minimum atomic E-state index is -0.699. The number of para-hydroxylation sites is 2. The molecule has 0 aliphatic rings. The van der Waals surface area contributed by atoms with Crippen molar-refractivity contribution in [1.29, 1.82) is 0 Å². The molecule has 170 valence electrons. The molecule has 3 aromatic rings. The van der Waals surface area contributed by atoms with Gasteiger partial charge in [-0.3, -0.25) is 14.5 Å². The van der Waals surface area contributed by atoms with E-state index in [-0.39, 0.29) is 19.8 Å². The van der Waals surface area contributed by atoms with Crippen molar-refractivity contribution in [2.75, 3.05) is 31.3 Å². The van der Waals surface area contributed by atoms with Gasteiger partial charge in [0, 0.05) is 11.3 Å². The molecular formula is C26H25NO6. The maximum absolute atomic E-state index is 12.7. The Labute approximate surface area is 192 Å². The number of rotatable bonds is 10. The molecule has 3 aromatic carbocycles. The molecule has 0 aliphatic carbocycles. The Morgan fingerprint density at radius 3 is 2.06 bits per heavy atom. The van der Waals surface area contributed by atoms with Crippen LogP contribution in [0.1, 0.15) is 6.92 Å². The number of carbonyl (C=O) groups is 3. The topological polar surface area (TPSA) is 82.1 Å². The van der Waals surface area contributed by atoms with Gasteiger partial charge in [0.1, 0.15) is 12.3 Å². The quantitative estimate of drug-likeness (QED) is 0.439. The third-order valence-corrected chi connectivity index (χ3v) is 4.64. The second-order valence-corrected chi connectivity index (χ2v) is 6.93. The highest BCUT2D eigenvalue weighted by Crippen LogP contribution is 2.29. The largest absolute Gasteiger partial charge is 0.481 e. The number of hydrogen-bond acceptors (Lipinski definition) is 6. The van der Waals surface area contributed by atoms with Crippen molar-refractivity contribution < 1.29 is 28.6 Å². The Balaban J connectivity index is 1.58. The number of benzene rings is 3. The van der Waals surface area contributed by atoms with Gasteiger partial charge in [-0.25, -0.2) is 4.79 Å². The third-order valence-electron chi connectivity index (χ3n) is 4.64. The highest BCUT2D eigenvalue weighted by molar-refractivity contribution is 5.99. The molecule has 7 nitrogen and oxygen atoms in total. The minimum absolute atomic E-state index is 0.201. The zero-order valence-corrected chi connectivity index (χ0v) is 18.3. The Morgan fingerprint density at radius 1 is 0.727 bits per heavy atom. The van der Waals surface area contributed by atoms with Crippen LogP contribution in [-0.4, -0.2) is 44.2 Å². The van der Waals surface area contributed by atoms with Gasteiger partial charge >= 0.3 is 11.9 Å². The summed E-state index contributed by atoms with van der Waals surface area (Å²) < 4.78 is 15.7. The summed E-state index contributed by atoms with van der Waals surface area (Å²) in [4.78, 5) is 38.1. The summed E-state index contributed by atoms with van der Waals surface area (Å²) in [5, 5.41) is 0. The fourth-order valence-electron chi connectivity index (χ4n) is 3.11. The van der Waals surface area contributed by atoms with Crippen molar-refractivity contribution in [3.05, 3.63) is 84.9 Å². The number of hydrogen-bond donors (Lipinski definition) is 0. The van der Waals surface area contributed by atoms with Crippen molar-refractivity contribution in [2.24, 2.45) is 0 Å². The summed E-state index contributed by atoms with van der Waals surface area (Å²) in [5.41, 5.74) is 2.29. The van der Waals surface area contributed by atoms with E-state index in [9.17, 15) is 14.4 Å². The van der Waals surface area contributed by atoms with Crippen LogP contribution in [0.25, 0.3) is 11.1 Å². The smallest absolute Gasteiger partial charge is 0.344 e. The Kier molecular flexibility index (Phi) is 8.59. The maximum Gasteiger partial charge on any atom is 0.344 e. The molecule has 0 saturated heterocycles. The summed E-state index contributed by atoms with van der Waals surface area (Å²) in [6, 6.07) is 25.6. The number of amides is 1. The van der Waals surface area contributed by atoms with E-state index in [0.29, 0.717) is 11.4 Å². The van der Waals surface area contributed by atoms with Gasteiger partial charge in [0.25, 0.3) is 5.91 Å². The lowest BCUT2D eigenvalue weighted by Crippen LogP contribution is -2.39. The fraction of sp³-hybridized carbons (Fsp3) is 0.192. The van der Waals surface area contributed by atoms with Gasteiger partial charge in [-0.15, -0.1) is 0 Å². The summed E-state index contributed by atoms with van der Waals surface area (Å²) >= 11 is 0. The van der Waals surface area contributed by atoms with Crippen LogP contribution in [0, 0.1) is 0 Å². The lowest BCUT2D eigenvalue weighted by molar-refractivity contribution is -0.150. The van der Waals surface area contributed by atoms with Crippen LogP contribution in [0.2, 0.25) is 0 Å². The number of nitrogens with zero attached hydrogens (tertiary/aromatic N) is 1. The van der Waals surface area contributed by atoms with Gasteiger partial charge in [-0.1, -0.05) is 66.7 Å². The molecule has 0 aliphatic heterocycles. The van der Waals surface area contributed by atoms with E-state index in [4.69, 9.17) is 14.2 Å². The standard InChI is InChI=1S/C26H25NO6/c1-2-31-25(29)17-27(21-13-7-4-8-14-21)24(28)18-33-26(30)19-32-23-16-10-9-15-22(23)20-11-5-3-6-12-20/h3-16H,2,17-19H2,1H3. The highest BCUT2D eigenvalue weighted by atomic mass is 16.6. The monoisotopic (exact) mass is 447 g/mol. The Bertz CT molecular complexity index is 1070. The lowest BCUT2D eigenvalue weighted by Gasteiger charge is -2.21. The number of esters is 2. The first kappa shape index (κ1) is 23.5. The first-order valence-electron chi connectivity index (χ1n) is 10.5. The minimum Gasteiger partial charge on any atom is -0.481 e. The summed E-state index contributed by atoms with van der Waals surface area (Å²) in [5.74, 6) is -1.27. The van der Waals surface area contributed by atoms with Gasteiger partial charge in [0.05, 0.1) is 6.61 Å². The molecule has 0 unspecified atom stereocenters. The molecule has 7 heteroatoms. The summed E-state index contributed by atoms with van der Waals surface area (Å²) in [6.45, 7) is 0.711. The normalized spacial score (nSPS) is 10.2. The average molecular weight is 447 g/mol. The fourth-order valence-corrected chi connectivity index (χ4v) is 3.11. The van der Waals surface area contributed by atoms with Gasteiger partial charge in [0.2, 0.25) is 0 Å². The van der Waals surface area contributed by atoms with Crippen LogP contribution in [0.4, 0.5) is 5.69 Å². The third kappa shape index (κ3) is 6.93. The average Bonchev–Trinajstić information content (AvgIpc) is 2.86. The summed E-state index contributed by atoms with van der Waals surface area (Å²) in [6.07, 6.45) is 0. The molecule has 0 atom stereocenters. The molecule has 0 spiro atoms. The van der Waals surface area contributed by atoms with Gasteiger partial charge in [0.15, 0.2) is 13.2 Å². The van der Waals surface area contributed by atoms with Crippen molar-refractivity contribution in [3.63, 3.8) is 0 Å². The van der Waals surface area contributed by atoms with Crippen molar-refractivity contribution >= 4 is 23.5 Å². The van der Waals surface area contributed by atoms with E-state index in [1.807, 2.05) is 48.5 Å². The molecular weight excluding hydrogens is 422 g/mol. The molecule has 0 saturated carbocycles. The van der Waals surface area contributed by atoms with Gasteiger partial charge in [-0.05, 0) is 30.7 Å². The molecule has 0 N–H and O–H groups in total. The predicted molar refractivity (Wildman–Crippen MR) is 124 cm³/mol. The van der Waals surface area contributed by atoms with Crippen molar-refractivity contribution in [3.8, 4) is 16.9 Å². The molecule has 0 radical (unpaired) electrons. The van der Waals surface area contributed by atoms with Crippen molar-refractivity contribution in [1.82, 2.24) is 0 Å². The van der Waals surface area contributed by atoms with Crippen LogP contribution >= 0.6 is 0 Å². The maximum atomic E-state index is 12.7. The van der Waals surface area contributed by atoms with Gasteiger partial charge < -0.3 is 14.2 Å². The van der Waals surface area contributed by atoms with Crippen LogP contribution in [0.5, 0.6) is 5.75 Å². The van der Waals surface area contributed by atoms with Crippen LogP contribution in [-0.2, 0) is 23.9 Å². The van der Waals surface area contributed by atoms with Crippen LogP contribution in [0.15, 0.2) is 84.9 Å². The first-order valence-corrected chi connectivity index (χ1v) is 10.5. The molecule has 0 heterocycles. The SMILES string of the molecule is CCOC(=O)CN(C(=O)COC(=O)COc1ccccc1-c1ccccc1)c1ccccc1. The second kappa shape index (κ2) is 12.0. The van der Waals surface area contributed by atoms with Crippen LogP contribution in [0.3, 0.4) is 0 Å². The Hall–Kier alpha value is -4.13. The zero-order valence-electron chi connectivity index (χ0n) is 18.3. The summed E-state index contributed by atoms with van der Waals surface area (Å²) in [7, 11) is 0. The lowest BCUT2D eigenvalue weighted by atomic mass is 10.1. The molecule has 3 rings (SSSR count). The number of carbonyl (C=O) groups excluding carboxylic acids is 3. The predicted octanol–water partition coefficient (Wildman–Crippen LogP) is 3.87. The van der Waals surface area contributed by atoms with Crippen LogP contribution < -0.4 is 9.64 Å². The number of ether oxygens (including phenoxy) is 3. The molecule has 0 bridgehead atoms. The van der Waals surface area contributed by atoms with E-state index in [2.05, 4.69) is 0 Å². The zero-order chi connectivity index (χ0) is 23.5. The molecule has 0 fully saturated rings. The molecule has 1 amide bonds. The Morgan fingerprint density at radius 2 is 1.36 bits per heavy atom. The van der Waals surface area contributed by atoms with E-state index in [0.717, 1.165) is 11.1 Å². The molecule has 33 heavy (non-hydrogen) atoms. The molecule has 0 aromatic heterocycles. The second-order valence-electron chi connectivity index (χ2n) is 6.93. The highest BCUT2D eigenvalue weighted by Gasteiger charge is 2.21.